The predicted molar refractivity (Wildman–Crippen MR) is 94.8 cm³/mol. The van der Waals surface area contributed by atoms with Crippen LogP contribution in [-0.2, 0) is 6.42 Å². The smallest absolute Gasteiger partial charge is 0.0409 e. The van der Waals surface area contributed by atoms with Gasteiger partial charge in [-0.3, -0.25) is 0 Å². The summed E-state index contributed by atoms with van der Waals surface area (Å²) in [5.74, 6) is 1.12. The van der Waals surface area contributed by atoms with Crippen molar-refractivity contribution in [3.63, 3.8) is 0 Å². The lowest BCUT2D eigenvalue weighted by Gasteiger charge is -2.17. The molecule has 21 heavy (non-hydrogen) atoms. The van der Waals surface area contributed by atoms with E-state index < -0.39 is 0 Å². The molecule has 0 aliphatic carbocycles. The van der Waals surface area contributed by atoms with E-state index in [2.05, 4.69) is 41.7 Å². The summed E-state index contributed by atoms with van der Waals surface area (Å²) in [5, 5.41) is 4.56. The fourth-order valence-corrected chi connectivity index (χ4v) is 5.21. The van der Waals surface area contributed by atoms with Crippen molar-refractivity contribution in [2.45, 2.75) is 21.5 Å². The normalized spacial score (nSPS) is 17.0. The SMILES string of the molecule is CNCCS[C@H]1Cc2cc(Cl)ccc2Sc2ccccc21. The molecule has 1 nitrogen and oxygen atoms in total. The van der Waals surface area contributed by atoms with Crippen molar-refractivity contribution in [3.8, 4) is 0 Å². The van der Waals surface area contributed by atoms with Crippen LogP contribution in [0.25, 0.3) is 0 Å². The fraction of sp³-hybridized carbons (Fsp3) is 0.294. The number of fused-ring (bicyclic) bond motifs is 2. The number of halogens is 1. The molecule has 0 saturated heterocycles. The molecule has 0 saturated carbocycles. The van der Waals surface area contributed by atoms with Gasteiger partial charge in [0.2, 0.25) is 0 Å². The van der Waals surface area contributed by atoms with Crippen LogP contribution in [0.4, 0.5) is 0 Å². The molecule has 1 aliphatic rings. The number of hydrogen-bond donors (Lipinski definition) is 1. The second kappa shape index (κ2) is 7.10. The molecule has 0 aromatic heterocycles. The van der Waals surface area contributed by atoms with Gasteiger partial charge >= 0.3 is 0 Å². The Balaban J connectivity index is 1.95. The summed E-state index contributed by atoms with van der Waals surface area (Å²) in [6.07, 6.45) is 1.05. The lowest BCUT2D eigenvalue weighted by atomic mass is 10.0. The molecule has 3 rings (SSSR count). The zero-order valence-electron chi connectivity index (χ0n) is 11.9. The Labute approximate surface area is 139 Å². The van der Waals surface area contributed by atoms with Crippen molar-refractivity contribution in [3.05, 3.63) is 58.6 Å². The summed E-state index contributed by atoms with van der Waals surface area (Å²) in [6.45, 7) is 1.04. The third-order valence-corrected chi connectivity index (χ3v) is 6.29. The monoisotopic (exact) mass is 335 g/mol. The Hall–Kier alpha value is -0.610. The fourth-order valence-electron chi connectivity index (χ4n) is 2.53. The summed E-state index contributed by atoms with van der Waals surface area (Å²) < 4.78 is 0. The highest BCUT2D eigenvalue weighted by molar-refractivity contribution is 8.00. The molecule has 1 aliphatic heterocycles. The van der Waals surface area contributed by atoms with Crippen LogP contribution in [0.5, 0.6) is 0 Å². The summed E-state index contributed by atoms with van der Waals surface area (Å²) >= 11 is 10.1. The Morgan fingerprint density at radius 3 is 2.95 bits per heavy atom. The van der Waals surface area contributed by atoms with Gasteiger partial charge in [-0.1, -0.05) is 41.6 Å². The van der Waals surface area contributed by atoms with Crippen molar-refractivity contribution in [1.82, 2.24) is 5.32 Å². The molecular weight excluding hydrogens is 318 g/mol. The van der Waals surface area contributed by atoms with Gasteiger partial charge in [0.25, 0.3) is 0 Å². The van der Waals surface area contributed by atoms with Crippen molar-refractivity contribution in [2.24, 2.45) is 0 Å². The number of rotatable bonds is 4. The van der Waals surface area contributed by atoms with Crippen LogP contribution >= 0.6 is 35.1 Å². The van der Waals surface area contributed by atoms with E-state index in [4.69, 9.17) is 11.6 Å². The third kappa shape index (κ3) is 3.59. The van der Waals surface area contributed by atoms with Gasteiger partial charge in [-0.05, 0) is 48.9 Å². The van der Waals surface area contributed by atoms with E-state index in [9.17, 15) is 0 Å². The molecule has 1 atom stereocenters. The zero-order valence-corrected chi connectivity index (χ0v) is 14.3. The molecule has 0 amide bonds. The van der Waals surface area contributed by atoms with E-state index in [0.717, 1.165) is 23.7 Å². The topological polar surface area (TPSA) is 12.0 Å². The summed E-state index contributed by atoms with van der Waals surface area (Å²) in [4.78, 5) is 2.71. The van der Waals surface area contributed by atoms with Crippen LogP contribution in [-0.4, -0.2) is 19.3 Å². The maximum absolute atomic E-state index is 6.19. The van der Waals surface area contributed by atoms with Crippen molar-refractivity contribution >= 4 is 35.1 Å². The molecular formula is C17H18ClNS2. The minimum atomic E-state index is 0.502. The molecule has 1 heterocycles. The lowest BCUT2D eigenvalue weighted by molar-refractivity contribution is 0.858. The average molecular weight is 336 g/mol. The second-order valence-electron chi connectivity index (χ2n) is 5.06. The molecule has 2 aromatic rings. The highest BCUT2D eigenvalue weighted by Crippen LogP contribution is 2.45. The van der Waals surface area contributed by atoms with Gasteiger partial charge in [0.1, 0.15) is 0 Å². The number of thioether (sulfide) groups is 1. The van der Waals surface area contributed by atoms with E-state index in [1.807, 2.05) is 36.6 Å². The number of benzene rings is 2. The van der Waals surface area contributed by atoms with E-state index in [0.29, 0.717) is 5.25 Å². The average Bonchev–Trinajstić information content (AvgIpc) is 2.64. The summed E-state index contributed by atoms with van der Waals surface area (Å²) in [7, 11) is 2.01. The van der Waals surface area contributed by atoms with Crippen LogP contribution in [0, 0.1) is 0 Å². The molecule has 2 aromatic carbocycles. The minimum absolute atomic E-state index is 0.502. The first kappa shape index (κ1) is 15.3. The Morgan fingerprint density at radius 2 is 2.10 bits per heavy atom. The van der Waals surface area contributed by atoms with E-state index in [1.54, 1.807) is 0 Å². The van der Waals surface area contributed by atoms with Crippen LogP contribution in [0.1, 0.15) is 16.4 Å². The second-order valence-corrected chi connectivity index (χ2v) is 7.89. The Morgan fingerprint density at radius 1 is 1.24 bits per heavy atom. The Kier molecular flexibility index (Phi) is 5.17. The zero-order chi connectivity index (χ0) is 14.7. The molecule has 0 unspecified atom stereocenters. The van der Waals surface area contributed by atoms with Crippen molar-refractivity contribution in [1.29, 1.82) is 0 Å². The predicted octanol–water partition coefficient (Wildman–Crippen LogP) is 5.04. The number of hydrogen-bond acceptors (Lipinski definition) is 3. The largest absolute Gasteiger partial charge is 0.319 e. The number of nitrogens with one attached hydrogen (secondary N) is 1. The van der Waals surface area contributed by atoms with Crippen LogP contribution in [0.15, 0.2) is 52.3 Å². The molecule has 0 fully saturated rings. The van der Waals surface area contributed by atoms with Gasteiger partial charge in [0.15, 0.2) is 0 Å². The van der Waals surface area contributed by atoms with Crippen molar-refractivity contribution < 1.29 is 0 Å². The van der Waals surface area contributed by atoms with Gasteiger partial charge in [-0.15, -0.1) is 0 Å². The third-order valence-electron chi connectivity index (χ3n) is 3.58. The van der Waals surface area contributed by atoms with Gasteiger partial charge < -0.3 is 5.32 Å². The first-order chi connectivity index (χ1) is 10.3. The van der Waals surface area contributed by atoms with E-state index >= 15 is 0 Å². The molecule has 0 spiro atoms. The van der Waals surface area contributed by atoms with E-state index in [-0.39, 0.29) is 0 Å². The molecule has 0 radical (unpaired) electrons. The van der Waals surface area contributed by atoms with Crippen LogP contribution < -0.4 is 5.32 Å². The maximum atomic E-state index is 6.19. The molecule has 4 heteroatoms. The maximum Gasteiger partial charge on any atom is 0.0409 e. The molecule has 1 N–H and O–H groups in total. The van der Waals surface area contributed by atoms with Crippen LogP contribution in [0.3, 0.4) is 0 Å². The van der Waals surface area contributed by atoms with Gasteiger partial charge in [0.05, 0.1) is 0 Å². The summed E-state index contributed by atoms with van der Waals surface area (Å²) in [6, 6.07) is 15.0. The quantitative estimate of drug-likeness (QED) is 0.786. The van der Waals surface area contributed by atoms with E-state index in [1.165, 1.54) is 20.9 Å². The molecule has 0 bridgehead atoms. The Bertz CT molecular complexity index is 630. The summed E-state index contributed by atoms with van der Waals surface area (Å²) in [5.41, 5.74) is 2.82. The van der Waals surface area contributed by atoms with Gasteiger partial charge in [-0.25, -0.2) is 0 Å². The first-order valence-electron chi connectivity index (χ1n) is 7.09. The molecule has 110 valence electrons. The highest BCUT2D eigenvalue weighted by atomic mass is 35.5. The standard InChI is InChI=1S/C17H18ClNS2/c1-19-8-9-20-17-11-12-10-13(18)6-7-15(12)21-16-5-3-2-4-14(16)17/h2-7,10,17,19H,8-9,11H2,1H3/t17-/m0/s1. The lowest BCUT2D eigenvalue weighted by Crippen LogP contribution is -2.11. The highest BCUT2D eigenvalue weighted by Gasteiger charge is 2.22. The first-order valence-corrected chi connectivity index (χ1v) is 9.33. The van der Waals surface area contributed by atoms with Gasteiger partial charge in [-0.2, -0.15) is 11.8 Å². The van der Waals surface area contributed by atoms with Crippen LogP contribution in [0.2, 0.25) is 5.02 Å². The van der Waals surface area contributed by atoms with Crippen molar-refractivity contribution in [2.75, 3.05) is 19.3 Å². The minimum Gasteiger partial charge on any atom is -0.319 e. The van der Waals surface area contributed by atoms with Gasteiger partial charge in [0, 0.05) is 32.4 Å².